The molecular formula is C12H14N4O3. The first-order chi connectivity index (χ1) is 9.02. The van der Waals surface area contributed by atoms with Crippen LogP contribution in [0, 0.1) is 13.8 Å². The number of ether oxygens (including phenoxy) is 2. The number of aromatic nitrogens is 4. The summed E-state index contributed by atoms with van der Waals surface area (Å²) in [5.74, 6) is 0.276. The van der Waals surface area contributed by atoms with E-state index in [-0.39, 0.29) is 11.6 Å². The summed E-state index contributed by atoms with van der Waals surface area (Å²) < 4.78 is 11.9. The van der Waals surface area contributed by atoms with E-state index in [1.807, 2.05) is 20.9 Å². The van der Waals surface area contributed by atoms with Crippen LogP contribution in [-0.4, -0.2) is 32.8 Å². The molecule has 0 aliphatic rings. The number of aryl methyl sites for hydroxylation is 2. The van der Waals surface area contributed by atoms with Crippen LogP contribution in [0.2, 0.25) is 0 Å². The van der Waals surface area contributed by atoms with Crippen LogP contribution in [-0.2, 0) is 11.8 Å². The third-order valence-corrected chi connectivity index (χ3v) is 2.66. The van der Waals surface area contributed by atoms with Gasteiger partial charge in [0.15, 0.2) is 11.4 Å². The Morgan fingerprint density at radius 2 is 2.05 bits per heavy atom. The van der Waals surface area contributed by atoms with Crippen molar-refractivity contribution in [3.05, 3.63) is 29.5 Å². The summed E-state index contributed by atoms with van der Waals surface area (Å²) >= 11 is 0. The van der Waals surface area contributed by atoms with E-state index in [4.69, 9.17) is 4.74 Å². The van der Waals surface area contributed by atoms with Crippen molar-refractivity contribution in [3.8, 4) is 11.6 Å². The van der Waals surface area contributed by atoms with Gasteiger partial charge in [-0.05, 0) is 13.8 Å². The number of nitrogens with zero attached hydrogens (tertiary/aromatic N) is 4. The van der Waals surface area contributed by atoms with Gasteiger partial charge in [0.1, 0.15) is 5.69 Å². The van der Waals surface area contributed by atoms with Crippen LogP contribution in [0.5, 0.6) is 11.6 Å². The summed E-state index contributed by atoms with van der Waals surface area (Å²) in [6, 6.07) is 0. The van der Waals surface area contributed by atoms with E-state index in [0.29, 0.717) is 5.75 Å². The van der Waals surface area contributed by atoms with Crippen molar-refractivity contribution >= 4 is 5.97 Å². The lowest BCUT2D eigenvalue weighted by Crippen LogP contribution is -2.05. The van der Waals surface area contributed by atoms with E-state index in [0.717, 1.165) is 11.4 Å². The van der Waals surface area contributed by atoms with E-state index in [9.17, 15) is 4.79 Å². The maximum absolute atomic E-state index is 11.4. The molecule has 100 valence electrons. The Morgan fingerprint density at radius 1 is 1.32 bits per heavy atom. The number of hydrogen-bond donors (Lipinski definition) is 0. The summed E-state index contributed by atoms with van der Waals surface area (Å²) in [7, 11) is 3.11. The van der Waals surface area contributed by atoms with Crippen molar-refractivity contribution < 1.29 is 14.3 Å². The SMILES string of the molecule is COC(=O)c1cncc(Oc2c(C)nn(C)c2C)n1. The third kappa shape index (κ3) is 2.54. The monoisotopic (exact) mass is 262 g/mol. The molecule has 0 aliphatic heterocycles. The highest BCUT2D eigenvalue weighted by Gasteiger charge is 2.14. The number of methoxy groups -OCH3 is 1. The molecule has 7 heteroatoms. The van der Waals surface area contributed by atoms with Crippen LogP contribution in [0.3, 0.4) is 0 Å². The van der Waals surface area contributed by atoms with Crippen LogP contribution in [0.15, 0.2) is 12.4 Å². The van der Waals surface area contributed by atoms with Gasteiger partial charge in [-0.2, -0.15) is 5.10 Å². The van der Waals surface area contributed by atoms with Crippen molar-refractivity contribution in [2.45, 2.75) is 13.8 Å². The van der Waals surface area contributed by atoms with Crippen molar-refractivity contribution in [2.24, 2.45) is 7.05 Å². The van der Waals surface area contributed by atoms with Gasteiger partial charge in [-0.1, -0.05) is 0 Å². The highest BCUT2D eigenvalue weighted by Crippen LogP contribution is 2.26. The first kappa shape index (κ1) is 13.0. The lowest BCUT2D eigenvalue weighted by Gasteiger charge is -2.05. The molecule has 0 unspecified atom stereocenters. The largest absolute Gasteiger partial charge is 0.464 e. The Bertz CT molecular complexity index is 621. The quantitative estimate of drug-likeness (QED) is 0.778. The molecule has 0 atom stereocenters. The molecule has 0 amide bonds. The molecule has 0 radical (unpaired) electrons. The van der Waals surface area contributed by atoms with Crippen LogP contribution < -0.4 is 4.74 Å². The molecule has 2 rings (SSSR count). The molecule has 2 aromatic rings. The zero-order valence-corrected chi connectivity index (χ0v) is 11.2. The number of carbonyl (C=O) groups is 1. The molecule has 0 bridgehead atoms. The predicted octanol–water partition coefficient (Wildman–Crippen LogP) is 1.41. The Hall–Kier alpha value is -2.44. The summed E-state index contributed by atoms with van der Waals surface area (Å²) in [5, 5.41) is 4.23. The van der Waals surface area contributed by atoms with Gasteiger partial charge in [-0.15, -0.1) is 0 Å². The number of esters is 1. The number of carbonyl (C=O) groups excluding carboxylic acids is 1. The van der Waals surface area contributed by atoms with E-state index >= 15 is 0 Å². The van der Waals surface area contributed by atoms with Crippen molar-refractivity contribution in [1.29, 1.82) is 0 Å². The maximum atomic E-state index is 11.4. The lowest BCUT2D eigenvalue weighted by molar-refractivity contribution is 0.0592. The molecule has 2 aromatic heterocycles. The fraction of sp³-hybridized carbons (Fsp3) is 0.333. The second kappa shape index (κ2) is 5.05. The predicted molar refractivity (Wildman–Crippen MR) is 66.1 cm³/mol. The Labute approximate surface area is 110 Å². The fourth-order valence-corrected chi connectivity index (χ4v) is 1.61. The molecule has 0 spiro atoms. The van der Waals surface area contributed by atoms with Crippen LogP contribution in [0.25, 0.3) is 0 Å². The Morgan fingerprint density at radius 3 is 2.63 bits per heavy atom. The van der Waals surface area contributed by atoms with Gasteiger partial charge in [0.05, 0.1) is 25.2 Å². The normalized spacial score (nSPS) is 10.3. The van der Waals surface area contributed by atoms with Crippen LogP contribution in [0.4, 0.5) is 0 Å². The summed E-state index contributed by atoms with van der Waals surface area (Å²) in [5.41, 5.74) is 1.70. The summed E-state index contributed by atoms with van der Waals surface area (Å²) in [6.45, 7) is 3.72. The van der Waals surface area contributed by atoms with Crippen molar-refractivity contribution in [1.82, 2.24) is 19.7 Å². The molecule has 7 nitrogen and oxygen atoms in total. The van der Waals surface area contributed by atoms with E-state index in [1.165, 1.54) is 19.5 Å². The zero-order valence-electron chi connectivity index (χ0n) is 11.2. The number of hydrogen-bond acceptors (Lipinski definition) is 6. The van der Waals surface area contributed by atoms with E-state index in [2.05, 4.69) is 19.8 Å². The molecule has 0 N–H and O–H groups in total. The fourth-order valence-electron chi connectivity index (χ4n) is 1.61. The van der Waals surface area contributed by atoms with Gasteiger partial charge in [-0.3, -0.25) is 9.67 Å². The van der Waals surface area contributed by atoms with Crippen LogP contribution >= 0.6 is 0 Å². The van der Waals surface area contributed by atoms with Gasteiger partial charge >= 0.3 is 5.97 Å². The minimum absolute atomic E-state index is 0.0965. The molecule has 0 saturated carbocycles. The standard InChI is InChI=1S/C12H14N4O3/c1-7-11(8(2)16(3)15-7)19-10-6-13-5-9(14-10)12(17)18-4/h5-6H,1-4H3. The summed E-state index contributed by atoms with van der Waals surface area (Å²) in [6.07, 6.45) is 2.75. The minimum Gasteiger partial charge on any atom is -0.464 e. The van der Waals surface area contributed by atoms with Gasteiger partial charge in [-0.25, -0.2) is 9.78 Å². The van der Waals surface area contributed by atoms with Crippen molar-refractivity contribution in [3.63, 3.8) is 0 Å². The highest BCUT2D eigenvalue weighted by molar-refractivity contribution is 5.86. The molecule has 0 fully saturated rings. The molecule has 0 aliphatic carbocycles. The van der Waals surface area contributed by atoms with E-state index < -0.39 is 5.97 Å². The smallest absolute Gasteiger partial charge is 0.358 e. The van der Waals surface area contributed by atoms with Gasteiger partial charge in [0, 0.05) is 7.05 Å². The molecule has 19 heavy (non-hydrogen) atoms. The Kier molecular flexibility index (Phi) is 3.46. The summed E-state index contributed by atoms with van der Waals surface area (Å²) in [4.78, 5) is 19.3. The zero-order chi connectivity index (χ0) is 14.0. The topological polar surface area (TPSA) is 79.1 Å². The molecule has 2 heterocycles. The molecule has 0 aromatic carbocycles. The van der Waals surface area contributed by atoms with Gasteiger partial charge in [0.25, 0.3) is 0 Å². The third-order valence-electron chi connectivity index (χ3n) is 2.66. The van der Waals surface area contributed by atoms with Crippen LogP contribution in [0.1, 0.15) is 21.9 Å². The Balaban J connectivity index is 2.31. The van der Waals surface area contributed by atoms with Crippen molar-refractivity contribution in [2.75, 3.05) is 7.11 Å². The highest BCUT2D eigenvalue weighted by atomic mass is 16.5. The second-order valence-electron chi connectivity index (χ2n) is 3.96. The average molecular weight is 262 g/mol. The van der Waals surface area contributed by atoms with Gasteiger partial charge < -0.3 is 9.47 Å². The lowest BCUT2D eigenvalue weighted by atomic mass is 10.3. The average Bonchev–Trinajstić information content (AvgIpc) is 2.65. The number of rotatable bonds is 3. The minimum atomic E-state index is -0.558. The first-order valence-corrected chi connectivity index (χ1v) is 5.61. The second-order valence-corrected chi connectivity index (χ2v) is 3.96. The van der Waals surface area contributed by atoms with Gasteiger partial charge in [0.2, 0.25) is 5.88 Å². The molecular weight excluding hydrogens is 248 g/mol. The first-order valence-electron chi connectivity index (χ1n) is 5.61. The maximum Gasteiger partial charge on any atom is 0.358 e. The molecule has 0 saturated heterocycles. The van der Waals surface area contributed by atoms with E-state index in [1.54, 1.807) is 4.68 Å².